The second-order valence-electron chi connectivity index (χ2n) is 5.22. The number of carbonyl (C=O) groups excluding carboxylic acids is 1. The number of hydrogen-bond donors (Lipinski definition) is 1. The molecule has 2 aromatic carbocycles. The lowest BCUT2D eigenvalue weighted by Gasteiger charge is -2.11. The topological polar surface area (TPSA) is 46.5 Å². The molecule has 0 aliphatic heterocycles. The van der Waals surface area contributed by atoms with Crippen LogP contribution in [0.3, 0.4) is 0 Å². The Balaban J connectivity index is 1.87. The minimum atomic E-state index is 0.146. The first kappa shape index (κ1) is 17.4. The van der Waals surface area contributed by atoms with E-state index < -0.39 is 0 Å². The summed E-state index contributed by atoms with van der Waals surface area (Å²) in [6.45, 7) is 2.31. The molecule has 1 N–H and O–H groups in total. The van der Waals surface area contributed by atoms with Crippen LogP contribution in [-0.2, 0) is 12.2 Å². The average Bonchev–Trinajstić information content (AvgIpc) is 2.58. The van der Waals surface area contributed by atoms with Gasteiger partial charge in [0.15, 0.2) is 11.5 Å². The molecule has 0 saturated heterocycles. The van der Waals surface area contributed by atoms with Crippen molar-refractivity contribution in [3.63, 3.8) is 0 Å². The lowest BCUT2D eigenvalue weighted by Crippen LogP contribution is -1.96. The summed E-state index contributed by atoms with van der Waals surface area (Å²) in [5.74, 6) is 2.21. The van der Waals surface area contributed by atoms with Crippen molar-refractivity contribution in [3.05, 3.63) is 59.2 Å². The van der Waals surface area contributed by atoms with Gasteiger partial charge in [-0.15, -0.1) is 0 Å². The van der Waals surface area contributed by atoms with Gasteiger partial charge in [-0.1, -0.05) is 30.3 Å². The molecule has 2 aromatic rings. The van der Waals surface area contributed by atoms with Gasteiger partial charge in [0, 0.05) is 16.9 Å². The molecular formula is C19H22O3S. The highest BCUT2D eigenvalue weighted by Gasteiger charge is 2.11. The number of hydrogen-bond acceptors (Lipinski definition) is 4. The van der Waals surface area contributed by atoms with Crippen LogP contribution in [-0.4, -0.2) is 23.8 Å². The fourth-order valence-electron chi connectivity index (χ4n) is 2.34. The number of aldehydes is 1. The van der Waals surface area contributed by atoms with Gasteiger partial charge in [0.05, 0.1) is 6.61 Å². The van der Waals surface area contributed by atoms with Crippen LogP contribution in [0.4, 0.5) is 0 Å². The third kappa shape index (κ3) is 5.32. The van der Waals surface area contributed by atoms with Crippen molar-refractivity contribution in [2.75, 3.05) is 12.4 Å². The molecule has 4 heteroatoms. The third-order valence-corrected chi connectivity index (χ3v) is 4.56. The van der Waals surface area contributed by atoms with Gasteiger partial charge in [0.1, 0.15) is 6.29 Å². The molecule has 0 aliphatic carbocycles. The molecular weight excluding hydrogens is 308 g/mol. The van der Waals surface area contributed by atoms with Crippen LogP contribution in [0.25, 0.3) is 0 Å². The Morgan fingerprint density at radius 2 is 2.00 bits per heavy atom. The molecule has 0 amide bonds. The molecule has 3 nitrogen and oxygen atoms in total. The Bertz CT molecular complexity index is 626. The van der Waals surface area contributed by atoms with Crippen molar-refractivity contribution in [3.8, 4) is 11.5 Å². The lowest BCUT2D eigenvalue weighted by atomic mass is 10.1. The van der Waals surface area contributed by atoms with E-state index in [1.807, 2.05) is 13.0 Å². The van der Waals surface area contributed by atoms with Crippen molar-refractivity contribution in [1.82, 2.24) is 0 Å². The molecule has 0 fully saturated rings. The molecule has 0 heterocycles. The number of phenolic OH excluding ortho intramolecular Hbond substituents is 1. The highest BCUT2D eigenvalue weighted by atomic mass is 32.2. The largest absolute Gasteiger partial charge is 0.504 e. The van der Waals surface area contributed by atoms with Crippen molar-refractivity contribution in [1.29, 1.82) is 0 Å². The second kappa shape index (κ2) is 9.26. The van der Waals surface area contributed by atoms with Gasteiger partial charge < -0.3 is 9.84 Å². The van der Waals surface area contributed by atoms with Crippen molar-refractivity contribution in [2.24, 2.45) is 0 Å². The fourth-order valence-corrected chi connectivity index (χ4v) is 3.27. The number of phenols is 1. The van der Waals surface area contributed by atoms with E-state index in [1.165, 1.54) is 5.56 Å². The van der Waals surface area contributed by atoms with E-state index in [4.69, 9.17) is 4.74 Å². The third-order valence-electron chi connectivity index (χ3n) is 3.47. The van der Waals surface area contributed by atoms with Crippen molar-refractivity contribution >= 4 is 18.0 Å². The van der Waals surface area contributed by atoms with Gasteiger partial charge in [0.25, 0.3) is 0 Å². The maximum Gasteiger partial charge on any atom is 0.161 e. The maximum absolute atomic E-state index is 11.0. The number of carbonyl (C=O) groups is 1. The van der Waals surface area contributed by atoms with Gasteiger partial charge in [-0.2, -0.15) is 11.8 Å². The molecule has 0 atom stereocenters. The fraction of sp³-hybridized carbons (Fsp3) is 0.316. The summed E-state index contributed by atoms with van der Waals surface area (Å²) in [4.78, 5) is 11.0. The Morgan fingerprint density at radius 1 is 1.22 bits per heavy atom. The van der Waals surface area contributed by atoms with E-state index >= 15 is 0 Å². The number of thioether (sulfide) groups is 1. The van der Waals surface area contributed by atoms with E-state index in [2.05, 4.69) is 24.3 Å². The highest BCUT2D eigenvalue weighted by Crippen LogP contribution is 2.33. The molecule has 23 heavy (non-hydrogen) atoms. The van der Waals surface area contributed by atoms with E-state index in [1.54, 1.807) is 23.9 Å². The molecule has 2 rings (SSSR count). The average molecular weight is 330 g/mol. The normalized spacial score (nSPS) is 10.5. The zero-order valence-electron chi connectivity index (χ0n) is 13.3. The zero-order chi connectivity index (χ0) is 16.5. The van der Waals surface area contributed by atoms with Crippen LogP contribution in [0.2, 0.25) is 0 Å². The molecule has 0 unspecified atom stereocenters. The lowest BCUT2D eigenvalue weighted by molar-refractivity contribution is 0.112. The predicted octanol–water partition coefficient (Wildman–Crippen LogP) is 4.47. The molecule has 0 bridgehead atoms. The van der Waals surface area contributed by atoms with Crippen LogP contribution in [0.15, 0.2) is 42.5 Å². The zero-order valence-corrected chi connectivity index (χ0v) is 14.1. The van der Waals surface area contributed by atoms with Gasteiger partial charge in [-0.05, 0) is 43.2 Å². The maximum atomic E-state index is 11.0. The minimum absolute atomic E-state index is 0.146. The molecule has 122 valence electrons. The Kier molecular flexibility index (Phi) is 7.01. The summed E-state index contributed by atoms with van der Waals surface area (Å²) in [6, 6.07) is 13.7. The minimum Gasteiger partial charge on any atom is -0.504 e. The number of aryl methyl sites for hydroxylation is 1. The molecule has 0 saturated carbocycles. The Labute approximate surface area is 141 Å². The number of aromatic hydroxyl groups is 1. The number of rotatable bonds is 9. The van der Waals surface area contributed by atoms with E-state index in [-0.39, 0.29) is 5.75 Å². The van der Waals surface area contributed by atoms with Crippen LogP contribution in [0.1, 0.15) is 34.8 Å². The van der Waals surface area contributed by atoms with Crippen LogP contribution in [0.5, 0.6) is 11.5 Å². The molecule has 0 spiro atoms. The number of ether oxygens (including phenoxy) is 1. The standard InChI is InChI=1S/C19H22O3S/c1-2-22-18-12-16(13-20)11-17(19(18)21)14-23-10-6-9-15-7-4-3-5-8-15/h3-5,7-8,11-13,21H,2,6,9-10,14H2,1H3. The first-order chi connectivity index (χ1) is 11.2. The first-order valence-corrected chi connectivity index (χ1v) is 8.95. The molecule has 0 aromatic heterocycles. The summed E-state index contributed by atoms with van der Waals surface area (Å²) in [6.07, 6.45) is 2.92. The van der Waals surface area contributed by atoms with Gasteiger partial charge in [-0.25, -0.2) is 0 Å². The Hall–Kier alpha value is -1.94. The first-order valence-electron chi connectivity index (χ1n) is 7.80. The van der Waals surface area contributed by atoms with Crippen LogP contribution in [0, 0.1) is 0 Å². The highest BCUT2D eigenvalue weighted by molar-refractivity contribution is 7.98. The summed E-state index contributed by atoms with van der Waals surface area (Å²) in [7, 11) is 0. The van der Waals surface area contributed by atoms with Crippen LogP contribution < -0.4 is 4.74 Å². The molecule has 0 radical (unpaired) electrons. The van der Waals surface area contributed by atoms with Crippen LogP contribution >= 0.6 is 11.8 Å². The summed E-state index contributed by atoms with van der Waals surface area (Å²) < 4.78 is 5.39. The smallest absolute Gasteiger partial charge is 0.161 e. The van der Waals surface area contributed by atoms with E-state index in [0.717, 1.165) is 30.4 Å². The summed E-state index contributed by atoms with van der Waals surface area (Å²) in [5, 5.41) is 10.2. The predicted molar refractivity (Wildman–Crippen MR) is 95.6 cm³/mol. The van der Waals surface area contributed by atoms with Crippen molar-refractivity contribution in [2.45, 2.75) is 25.5 Å². The van der Waals surface area contributed by atoms with E-state index in [0.29, 0.717) is 23.7 Å². The summed E-state index contributed by atoms with van der Waals surface area (Å²) in [5.41, 5.74) is 2.63. The quantitative estimate of drug-likeness (QED) is 0.544. The SMILES string of the molecule is CCOc1cc(C=O)cc(CSCCCc2ccccc2)c1O. The monoisotopic (exact) mass is 330 g/mol. The number of benzene rings is 2. The van der Waals surface area contributed by atoms with Crippen molar-refractivity contribution < 1.29 is 14.6 Å². The van der Waals surface area contributed by atoms with Gasteiger partial charge in [-0.3, -0.25) is 4.79 Å². The molecule has 0 aliphatic rings. The van der Waals surface area contributed by atoms with E-state index in [9.17, 15) is 9.90 Å². The second-order valence-corrected chi connectivity index (χ2v) is 6.32. The summed E-state index contributed by atoms with van der Waals surface area (Å²) >= 11 is 1.75. The van der Waals surface area contributed by atoms with Gasteiger partial charge in [0.2, 0.25) is 0 Å². The van der Waals surface area contributed by atoms with Gasteiger partial charge >= 0.3 is 0 Å². The Morgan fingerprint density at radius 3 is 2.70 bits per heavy atom.